The van der Waals surface area contributed by atoms with Crippen molar-refractivity contribution in [3.8, 4) is 0 Å². The fraction of sp³-hybridized carbons (Fsp3) is 0.467. The molecule has 0 fully saturated rings. The molecule has 1 unspecified atom stereocenters. The normalized spacial score (nSPS) is 12.6. The third kappa shape index (κ3) is 4.13. The third-order valence-electron chi connectivity index (χ3n) is 3.29. The van der Waals surface area contributed by atoms with Gasteiger partial charge in [-0.1, -0.05) is 19.1 Å². The Balaban J connectivity index is 2.05. The topological polar surface area (TPSA) is 42.7 Å². The van der Waals surface area contributed by atoms with Gasteiger partial charge in [-0.3, -0.25) is 4.68 Å². The summed E-state index contributed by atoms with van der Waals surface area (Å²) in [7, 11) is 1.89. The van der Waals surface area contributed by atoms with Crippen LogP contribution in [0.3, 0.4) is 0 Å². The summed E-state index contributed by atoms with van der Waals surface area (Å²) in [5, 5.41) is 7.59. The van der Waals surface area contributed by atoms with E-state index < -0.39 is 0 Å². The van der Waals surface area contributed by atoms with Gasteiger partial charge in [0.05, 0.1) is 0 Å². The molecular weight excluding hydrogens is 255 g/mol. The van der Waals surface area contributed by atoms with Crippen LogP contribution in [0.5, 0.6) is 0 Å². The molecule has 0 aliphatic rings. The fourth-order valence-electron chi connectivity index (χ4n) is 2.24. The van der Waals surface area contributed by atoms with Crippen molar-refractivity contribution in [3.05, 3.63) is 47.8 Å². The quantitative estimate of drug-likeness (QED) is 0.842. The van der Waals surface area contributed by atoms with E-state index in [1.807, 2.05) is 13.1 Å². The average molecular weight is 276 g/mol. The van der Waals surface area contributed by atoms with Crippen molar-refractivity contribution in [3.63, 3.8) is 0 Å². The summed E-state index contributed by atoms with van der Waals surface area (Å²) in [4.78, 5) is 4.26. The average Bonchev–Trinajstić information content (AvgIpc) is 2.82. The molecule has 1 heterocycles. The zero-order valence-electron chi connectivity index (χ0n) is 12.0. The van der Waals surface area contributed by atoms with Crippen LogP contribution in [0.4, 0.5) is 4.39 Å². The fourth-order valence-corrected chi connectivity index (χ4v) is 2.24. The molecule has 0 bridgehead atoms. The molecule has 1 N–H and O–H groups in total. The minimum absolute atomic E-state index is 0.185. The zero-order chi connectivity index (χ0) is 14.4. The van der Waals surface area contributed by atoms with E-state index in [4.69, 9.17) is 0 Å². The second-order valence-electron chi connectivity index (χ2n) is 4.99. The van der Waals surface area contributed by atoms with Gasteiger partial charge in [0.15, 0.2) is 0 Å². The van der Waals surface area contributed by atoms with Gasteiger partial charge in [0, 0.05) is 19.5 Å². The van der Waals surface area contributed by atoms with Crippen molar-refractivity contribution in [2.75, 3.05) is 6.54 Å². The smallest absolute Gasteiger partial charge is 0.138 e. The maximum atomic E-state index is 13.3. The predicted octanol–water partition coefficient (Wildman–Crippen LogP) is 2.11. The lowest BCUT2D eigenvalue weighted by atomic mass is 10.0. The highest BCUT2D eigenvalue weighted by molar-refractivity contribution is 5.17. The van der Waals surface area contributed by atoms with Crippen molar-refractivity contribution in [2.45, 2.75) is 32.2 Å². The van der Waals surface area contributed by atoms with Gasteiger partial charge in [0.1, 0.15) is 18.0 Å². The van der Waals surface area contributed by atoms with Crippen molar-refractivity contribution < 1.29 is 4.39 Å². The van der Waals surface area contributed by atoms with Crippen LogP contribution in [0.15, 0.2) is 30.6 Å². The van der Waals surface area contributed by atoms with Crippen LogP contribution < -0.4 is 5.32 Å². The van der Waals surface area contributed by atoms with Crippen LogP contribution in [0.25, 0.3) is 0 Å². The number of nitrogens with one attached hydrogen (secondary N) is 1. The minimum Gasteiger partial charge on any atom is -0.313 e. The van der Waals surface area contributed by atoms with E-state index in [1.54, 1.807) is 23.1 Å². The van der Waals surface area contributed by atoms with E-state index in [2.05, 4.69) is 22.3 Å². The van der Waals surface area contributed by atoms with E-state index in [9.17, 15) is 4.39 Å². The standard InChI is InChI=1S/C15H21FN4/c1-3-7-17-14(10-15-18-11-19-20(15)2)9-12-5-4-6-13(16)8-12/h4-6,8,11,14,17H,3,7,9-10H2,1-2H3. The summed E-state index contributed by atoms with van der Waals surface area (Å²) in [6.45, 7) is 3.08. The Morgan fingerprint density at radius 1 is 1.35 bits per heavy atom. The molecule has 0 saturated heterocycles. The number of benzene rings is 1. The Labute approximate surface area is 119 Å². The monoisotopic (exact) mass is 276 g/mol. The highest BCUT2D eigenvalue weighted by Gasteiger charge is 2.13. The molecule has 1 atom stereocenters. The number of hydrogen-bond acceptors (Lipinski definition) is 3. The molecule has 2 aromatic rings. The van der Waals surface area contributed by atoms with Crippen molar-refractivity contribution in [2.24, 2.45) is 7.05 Å². The van der Waals surface area contributed by atoms with Crippen molar-refractivity contribution in [1.29, 1.82) is 0 Å². The first kappa shape index (κ1) is 14.7. The molecule has 2 rings (SSSR count). The molecule has 108 valence electrons. The van der Waals surface area contributed by atoms with Crippen LogP contribution in [-0.2, 0) is 19.9 Å². The Bertz CT molecular complexity index is 538. The third-order valence-corrected chi connectivity index (χ3v) is 3.29. The van der Waals surface area contributed by atoms with E-state index in [0.29, 0.717) is 0 Å². The molecule has 0 spiro atoms. The number of hydrogen-bond donors (Lipinski definition) is 1. The van der Waals surface area contributed by atoms with Gasteiger partial charge in [-0.25, -0.2) is 9.37 Å². The van der Waals surface area contributed by atoms with Crippen molar-refractivity contribution >= 4 is 0 Å². The second kappa shape index (κ2) is 7.14. The lowest BCUT2D eigenvalue weighted by Crippen LogP contribution is -2.34. The van der Waals surface area contributed by atoms with E-state index in [1.165, 1.54) is 6.07 Å². The number of aromatic nitrogens is 3. The molecule has 0 aliphatic heterocycles. The molecule has 4 nitrogen and oxygen atoms in total. The highest BCUT2D eigenvalue weighted by Crippen LogP contribution is 2.09. The Morgan fingerprint density at radius 3 is 2.85 bits per heavy atom. The Kier molecular flexibility index (Phi) is 5.24. The van der Waals surface area contributed by atoms with E-state index >= 15 is 0 Å². The molecule has 0 amide bonds. The summed E-state index contributed by atoms with van der Waals surface area (Å²) in [6, 6.07) is 7.02. The number of rotatable bonds is 7. The summed E-state index contributed by atoms with van der Waals surface area (Å²) < 4.78 is 15.0. The molecule has 0 radical (unpaired) electrons. The zero-order valence-corrected chi connectivity index (χ0v) is 12.0. The molecule has 0 aliphatic carbocycles. The first-order valence-electron chi connectivity index (χ1n) is 6.99. The number of halogens is 1. The SMILES string of the molecule is CCCNC(Cc1cccc(F)c1)Cc1ncnn1C. The van der Waals surface area contributed by atoms with Gasteiger partial charge >= 0.3 is 0 Å². The van der Waals surface area contributed by atoms with Crippen LogP contribution in [0.2, 0.25) is 0 Å². The van der Waals surface area contributed by atoms with Gasteiger partial charge in [-0.05, 0) is 37.1 Å². The van der Waals surface area contributed by atoms with Gasteiger partial charge in [-0.2, -0.15) is 5.10 Å². The second-order valence-corrected chi connectivity index (χ2v) is 4.99. The van der Waals surface area contributed by atoms with E-state index in [0.717, 1.165) is 37.2 Å². The maximum absolute atomic E-state index is 13.3. The minimum atomic E-state index is -0.185. The van der Waals surface area contributed by atoms with Gasteiger partial charge < -0.3 is 5.32 Å². The molecular formula is C15H21FN4. The number of nitrogens with zero attached hydrogens (tertiary/aromatic N) is 3. The lowest BCUT2D eigenvalue weighted by molar-refractivity contribution is 0.484. The Morgan fingerprint density at radius 2 is 2.20 bits per heavy atom. The summed E-state index contributed by atoms with van der Waals surface area (Å²) in [5.74, 6) is 0.755. The highest BCUT2D eigenvalue weighted by atomic mass is 19.1. The van der Waals surface area contributed by atoms with Gasteiger partial charge in [0.2, 0.25) is 0 Å². The first-order valence-corrected chi connectivity index (χ1v) is 6.99. The summed E-state index contributed by atoms with van der Waals surface area (Å²) in [5.41, 5.74) is 1.00. The summed E-state index contributed by atoms with van der Waals surface area (Å²) >= 11 is 0. The molecule has 0 saturated carbocycles. The van der Waals surface area contributed by atoms with Gasteiger partial charge in [0.25, 0.3) is 0 Å². The summed E-state index contributed by atoms with van der Waals surface area (Å²) in [6.07, 6.45) is 4.20. The predicted molar refractivity (Wildman–Crippen MR) is 76.9 cm³/mol. The van der Waals surface area contributed by atoms with Gasteiger partial charge in [-0.15, -0.1) is 0 Å². The molecule has 20 heavy (non-hydrogen) atoms. The van der Waals surface area contributed by atoms with Crippen LogP contribution in [0, 0.1) is 5.82 Å². The maximum Gasteiger partial charge on any atom is 0.138 e. The van der Waals surface area contributed by atoms with Crippen LogP contribution in [0.1, 0.15) is 24.7 Å². The lowest BCUT2D eigenvalue weighted by Gasteiger charge is -2.18. The van der Waals surface area contributed by atoms with Crippen LogP contribution in [-0.4, -0.2) is 27.4 Å². The van der Waals surface area contributed by atoms with E-state index in [-0.39, 0.29) is 11.9 Å². The van der Waals surface area contributed by atoms with Crippen molar-refractivity contribution in [1.82, 2.24) is 20.1 Å². The largest absolute Gasteiger partial charge is 0.313 e. The first-order chi connectivity index (χ1) is 9.69. The number of aryl methyl sites for hydroxylation is 1. The Hall–Kier alpha value is -1.75. The molecule has 1 aromatic heterocycles. The van der Waals surface area contributed by atoms with Crippen LogP contribution >= 0.6 is 0 Å². The molecule has 1 aromatic carbocycles. The molecule has 5 heteroatoms.